The molecule has 0 radical (unpaired) electrons. The lowest BCUT2D eigenvalue weighted by Gasteiger charge is -2.02. The SMILES string of the molecule is N=c1oc2ccccc2cc1C(=O)NN=Cc1ccccc1. The zero-order valence-electron chi connectivity index (χ0n) is 11.6. The van der Waals surface area contributed by atoms with Crippen molar-refractivity contribution >= 4 is 23.1 Å². The molecule has 0 bridgehead atoms. The van der Waals surface area contributed by atoms with E-state index in [1.54, 1.807) is 18.3 Å². The first kappa shape index (κ1) is 13.8. The number of benzene rings is 2. The smallest absolute Gasteiger partial charge is 0.276 e. The minimum atomic E-state index is -0.480. The van der Waals surface area contributed by atoms with Crippen molar-refractivity contribution in [3.8, 4) is 0 Å². The van der Waals surface area contributed by atoms with Crippen LogP contribution in [-0.2, 0) is 0 Å². The molecule has 1 amide bonds. The van der Waals surface area contributed by atoms with Gasteiger partial charge in [-0.3, -0.25) is 10.2 Å². The summed E-state index contributed by atoms with van der Waals surface area (Å²) >= 11 is 0. The van der Waals surface area contributed by atoms with Crippen molar-refractivity contribution < 1.29 is 9.21 Å². The molecule has 0 aliphatic heterocycles. The number of nitrogens with zero attached hydrogens (tertiary/aromatic N) is 1. The molecule has 1 heterocycles. The topological polar surface area (TPSA) is 78.5 Å². The molecular weight excluding hydrogens is 278 g/mol. The highest BCUT2D eigenvalue weighted by Gasteiger charge is 2.10. The summed E-state index contributed by atoms with van der Waals surface area (Å²) in [5.74, 6) is -0.480. The van der Waals surface area contributed by atoms with E-state index in [0.717, 1.165) is 10.9 Å². The van der Waals surface area contributed by atoms with Gasteiger partial charge < -0.3 is 4.42 Å². The van der Waals surface area contributed by atoms with Gasteiger partial charge in [0.05, 0.1) is 6.21 Å². The van der Waals surface area contributed by atoms with E-state index in [0.29, 0.717) is 5.58 Å². The summed E-state index contributed by atoms with van der Waals surface area (Å²) in [7, 11) is 0. The Kier molecular flexibility index (Phi) is 3.78. The maximum absolute atomic E-state index is 12.1. The number of carbonyl (C=O) groups is 1. The lowest BCUT2D eigenvalue weighted by Crippen LogP contribution is -2.24. The normalized spacial score (nSPS) is 10.9. The van der Waals surface area contributed by atoms with E-state index in [1.807, 2.05) is 48.5 Å². The number of amides is 1. The average molecular weight is 291 g/mol. The van der Waals surface area contributed by atoms with Gasteiger partial charge in [-0.2, -0.15) is 5.10 Å². The monoisotopic (exact) mass is 291 g/mol. The van der Waals surface area contributed by atoms with Crippen molar-refractivity contribution in [2.24, 2.45) is 5.10 Å². The molecule has 2 aromatic carbocycles. The zero-order chi connectivity index (χ0) is 15.4. The molecule has 5 heteroatoms. The average Bonchev–Trinajstić information content (AvgIpc) is 2.55. The third-order valence-electron chi connectivity index (χ3n) is 3.10. The molecule has 0 unspecified atom stereocenters. The van der Waals surface area contributed by atoms with Gasteiger partial charge >= 0.3 is 0 Å². The van der Waals surface area contributed by atoms with Crippen LogP contribution in [-0.4, -0.2) is 12.1 Å². The number of carbonyl (C=O) groups excluding carboxylic acids is 1. The van der Waals surface area contributed by atoms with Gasteiger partial charge in [-0.25, -0.2) is 5.43 Å². The first-order valence-corrected chi connectivity index (χ1v) is 6.70. The molecule has 0 saturated heterocycles. The van der Waals surface area contributed by atoms with Crippen LogP contribution in [0.4, 0.5) is 0 Å². The van der Waals surface area contributed by atoms with Crippen LogP contribution in [0.1, 0.15) is 15.9 Å². The van der Waals surface area contributed by atoms with Gasteiger partial charge in [-0.1, -0.05) is 48.5 Å². The van der Waals surface area contributed by atoms with Crippen molar-refractivity contribution in [1.29, 1.82) is 5.41 Å². The van der Waals surface area contributed by atoms with Crippen LogP contribution in [0.2, 0.25) is 0 Å². The van der Waals surface area contributed by atoms with Gasteiger partial charge in [0, 0.05) is 5.39 Å². The quantitative estimate of drug-likeness (QED) is 0.575. The second kappa shape index (κ2) is 6.05. The van der Waals surface area contributed by atoms with E-state index in [9.17, 15) is 4.79 Å². The highest BCUT2D eigenvalue weighted by Crippen LogP contribution is 2.12. The number of hydrogen-bond donors (Lipinski definition) is 2. The molecule has 0 aliphatic carbocycles. The third-order valence-corrected chi connectivity index (χ3v) is 3.10. The molecule has 0 saturated carbocycles. The summed E-state index contributed by atoms with van der Waals surface area (Å²) in [5, 5.41) is 12.5. The first-order chi connectivity index (χ1) is 10.7. The minimum absolute atomic E-state index is 0.143. The van der Waals surface area contributed by atoms with Gasteiger partial charge in [-0.15, -0.1) is 0 Å². The zero-order valence-corrected chi connectivity index (χ0v) is 11.6. The van der Waals surface area contributed by atoms with Gasteiger partial charge in [0.15, 0.2) is 0 Å². The number of hydrazone groups is 1. The molecule has 0 fully saturated rings. The molecule has 5 nitrogen and oxygen atoms in total. The molecule has 0 spiro atoms. The minimum Gasteiger partial charge on any atom is -0.438 e. The van der Waals surface area contributed by atoms with E-state index < -0.39 is 5.91 Å². The van der Waals surface area contributed by atoms with Crippen molar-refractivity contribution in [2.45, 2.75) is 0 Å². The molecule has 3 aromatic rings. The van der Waals surface area contributed by atoms with Crippen LogP contribution in [0.25, 0.3) is 11.0 Å². The van der Waals surface area contributed by atoms with Crippen LogP contribution in [0.15, 0.2) is 70.2 Å². The maximum Gasteiger partial charge on any atom is 0.276 e. The summed E-state index contributed by atoms with van der Waals surface area (Å²) in [6.45, 7) is 0. The summed E-state index contributed by atoms with van der Waals surface area (Å²) in [4.78, 5) is 12.1. The standard InChI is InChI=1S/C17H13N3O2/c18-16-14(10-13-8-4-5-9-15(13)22-16)17(21)20-19-11-12-6-2-1-3-7-12/h1-11,18H,(H,20,21). The van der Waals surface area contributed by atoms with E-state index in [1.165, 1.54) is 0 Å². The number of rotatable bonds is 3. The van der Waals surface area contributed by atoms with E-state index in [-0.39, 0.29) is 11.1 Å². The summed E-state index contributed by atoms with van der Waals surface area (Å²) in [6.07, 6.45) is 1.54. The van der Waals surface area contributed by atoms with E-state index >= 15 is 0 Å². The molecule has 2 N–H and O–H groups in total. The first-order valence-electron chi connectivity index (χ1n) is 6.70. The highest BCUT2D eigenvalue weighted by molar-refractivity contribution is 5.96. The molecule has 3 rings (SSSR count). The highest BCUT2D eigenvalue weighted by atomic mass is 16.3. The Morgan fingerprint density at radius 2 is 1.82 bits per heavy atom. The van der Waals surface area contributed by atoms with Crippen LogP contribution < -0.4 is 11.0 Å². The number of hydrogen-bond acceptors (Lipinski definition) is 4. The summed E-state index contributed by atoms with van der Waals surface area (Å²) in [6, 6.07) is 18.3. The van der Waals surface area contributed by atoms with Crippen molar-refractivity contribution in [2.75, 3.05) is 0 Å². The van der Waals surface area contributed by atoms with Crippen LogP contribution in [0.5, 0.6) is 0 Å². The Bertz CT molecular complexity index is 898. The number of para-hydroxylation sites is 1. The van der Waals surface area contributed by atoms with Crippen molar-refractivity contribution in [3.05, 3.63) is 77.3 Å². The summed E-state index contributed by atoms with van der Waals surface area (Å²) in [5.41, 5.74) is 3.80. The number of nitrogens with one attached hydrogen (secondary N) is 2. The molecule has 0 atom stereocenters. The lowest BCUT2D eigenvalue weighted by molar-refractivity contribution is 0.0951. The van der Waals surface area contributed by atoms with Gasteiger partial charge in [0.1, 0.15) is 11.1 Å². The molecular formula is C17H13N3O2. The van der Waals surface area contributed by atoms with E-state index in [4.69, 9.17) is 9.83 Å². The van der Waals surface area contributed by atoms with Crippen molar-refractivity contribution in [1.82, 2.24) is 5.43 Å². The van der Waals surface area contributed by atoms with Crippen LogP contribution in [0.3, 0.4) is 0 Å². The molecule has 1 aromatic heterocycles. The third kappa shape index (κ3) is 2.93. The lowest BCUT2D eigenvalue weighted by atomic mass is 10.2. The predicted molar refractivity (Wildman–Crippen MR) is 83.6 cm³/mol. The predicted octanol–water partition coefficient (Wildman–Crippen LogP) is 2.68. The molecule has 0 aliphatic rings. The van der Waals surface area contributed by atoms with E-state index in [2.05, 4.69) is 10.5 Å². The fraction of sp³-hybridized carbons (Fsp3) is 0. The fourth-order valence-corrected chi connectivity index (χ4v) is 2.01. The number of fused-ring (bicyclic) bond motifs is 1. The van der Waals surface area contributed by atoms with Crippen LogP contribution >= 0.6 is 0 Å². The van der Waals surface area contributed by atoms with Crippen molar-refractivity contribution in [3.63, 3.8) is 0 Å². The largest absolute Gasteiger partial charge is 0.438 e. The second-order valence-corrected chi connectivity index (χ2v) is 4.64. The van der Waals surface area contributed by atoms with Gasteiger partial charge in [-0.05, 0) is 17.7 Å². The Labute approximate surface area is 126 Å². The molecule has 22 heavy (non-hydrogen) atoms. The Morgan fingerprint density at radius 1 is 1.09 bits per heavy atom. The van der Waals surface area contributed by atoms with Gasteiger partial charge in [0.2, 0.25) is 5.55 Å². The van der Waals surface area contributed by atoms with Gasteiger partial charge in [0.25, 0.3) is 5.91 Å². The summed E-state index contributed by atoms with van der Waals surface area (Å²) < 4.78 is 5.33. The Hall–Kier alpha value is -3.21. The molecule has 108 valence electrons. The Morgan fingerprint density at radius 3 is 2.64 bits per heavy atom. The second-order valence-electron chi connectivity index (χ2n) is 4.64. The fourth-order valence-electron chi connectivity index (χ4n) is 2.01. The Balaban J connectivity index is 1.82. The maximum atomic E-state index is 12.1. The van der Waals surface area contributed by atoms with Crippen LogP contribution in [0, 0.1) is 5.41 Å².